The zero-order valence-electron chi connectivity index (χ0n) is 15.2. The number of halogens is 1. The van der Waals surface area contributed by atoms with Gasteiger partial charge in [0, 0.05) is 32.3 Å². The number of ether oxygens (including phenoxy) is 1. The monoisotopic (exact) mass is 353 g/mol. The van der Waals surface area contributed by atoms with Crippen LogP contribution < -0.4 is 5.32 Å². The second-order valence-electron chi connectivity index (χ2n) is 6.80. The third-order valence-corrected chi connectivity index (χ3v) is 4.89. The molecule has 3 atom stereocenters. The van der Waals surface area contributed by atoms with E-state index in [-0.39, 0.29) is 17.9 Å². The predicted octanol–water partition coefficient (Wildman–Crippen LogP) is 3.10. The molecule has 5 heteroatoms. The molecule has 136 valence electrons. The van der Waals surface area contributed by atoms with Crippen molar-refractivity contribution in [2.75, 3.05) is 26.8 Å². The minimum atomic E-state index is -0.241. The predicted molar refractivity (Wildman–Crippen MR) is 99.2 cm³/mol. The number of piperazine rings is 1. The first-order chi connectivity index (χ1) is 12.6. The molecule has 1 saturated heterocycles. The molecule has 1 unspecified atom stereocenters. The Labute approximate surface area is 154 Å². The Hall–Kier alpha value is -2.26. The van der Waals surface area contributed by atoms with Crippen LogP contribution >= 0.6 is 0 Å². The molecular formula is C21H24FN3O. The number of nitrogens with zero attached hydrogens (tertiary/aromatic N) is 2. The van der Waals surface area contributed by atoms with Gasteiger partial charge in [0.25, 0.3) is 0 Å². The summed E-state index contributed by atoms with van der Waals surface area (Å²) in [5.74, 6) is -0.241. The van der Waals surface area contributed by atoms with Crippen LogP contribution in [0.15, 0.2) is 48.5 Å². The van der Waals surface area contributed by atoms with E-state index in [1.807, 2.05) is 36.4 Å². The van der Waals surface area contributed by atoms with Gasteiger partial charge < -0.3 is 10.1 Å². The summed E-state index contributed by atoms with van der Waals surface area (Å²) in [5, 5.41) is 12.6. The van der Waals surface area contributed by atoms with Crippen molar-refractivity contribution in [3.8, 4) is 6.07 Å². The quantitative estimate of drug-likeness (QED) is 0.897. The second-order valence-corrected chi connectivity index (χ2v) is 6.80. The summed E-state index contributed by atoms with van der Waals surface area (Å²) < 4.78 is 18.9. The maximum Gasteiger partial charge on any atom is 0.123 e. The molecule has 0 aliphatic carbocycles. The summed E-state index contributed by atoms with van der Waals surface area (Å²) in [6.07, 6.45) is 0. The second kappa shape index (κ2) is 8.41. The highest BCUT2D eigenvalue weighted by molar-refractivity contribution is 5.37. The fraction of sp³-hybridized carbons (Fsp3) is 0.381. The van der Waals surface area contributed by atoms with Crippen molar-refractivity contribution in [1.29, 1.82) is 5.26 Å². The number of methoxy groups -OCH3 is 1. The van der Waals surface area contributed by atoms with Gasteiger partial charge in [0.15, 0.2) is 0 Å². The normalized spacial score (nSPS) is 21.9. The van der Waals surface area contributed by atoms with Gasteiger partial charge in [-0.25, -0.2) is 4.39 Å². The van der Waals surface area contributed by atoms with Crippen molar-refractivity contribution in [2.24, 2.45) is 0 Å². The molecular weight excluding hydrogens is 329 g/mol. The highest BCUT2D eigenvalue weighted by Crippen LogP contribution is 2.32. The Balaban J connectivity index is 2.03. The van der Waals surface area contributed by atoms with Crippen molar-refractivity contribution < 1.29 is 9.13 Å². The lowest BCUT2D eigenvalue weighted by molar-refractivity contribution is 0.0417. The maximum absolute atomic E-state index is 13.5. The van der Waals surface area contributed by atoms with Crippen LogP contribution in [-0.2, 0) is 4.74 Å². The Morgan fingerprint density at radius 3 is 2.38 bits per heavy atom. The largest absolute Gasteiger partial charge is 0.383 e. The summed E-state index contributed by atoms with van der Waals surface area (Å²) in [6, 6.07) is 17.0. The summed E-state index contributed by atoms with van der Waals surface area (Å²) in [4.78, 5) is 2.42. The average molecular weight is 353 g/mol. The lowest BCUT2D eigenvalue weighted by atomic mass is 9.93. The topological polar surface area (TPSA) is 48.3 Å². The first kappa shape index (κ1) is 18.5. The van der Waals surface area contributed by atoms with E-state index in [9.17, 15) is 4.39 Å². The van der Waals surface area contributed by atoms with Crippen LogP contribution in [0.3, 0.4) is 0 Å². The van der Waals surface area contributed by atoms with Crippen molar-refractivity contribution in [1.82, 2.24) is 10.2 Å². The summed E-state index contributed by atoms with van der Waals surface area (Å²) >= 11 is 0. The van der Waals surface area contributed by atoms with E-state index in [4.69, 9.17) is 10.00 Å². The van der Waals surface area contributed by atoms with Gasteiger partial charge in [-0.1, -0.05) is 24.3 Å². The van der Waals surface area contributed by atoms with Gasteiger partial charge >= 0.3 is 0 Å². The molecule has 4 nitrogen and oxygen atoms in total. The highest BCUT2D eigenvalue weighted by atomic mass is 19.1. The molecule has 2 aromatic carbocycles. The molecule has 1 aliphatic heterocycles. The van der Waals surface area contributed by atoms with Crippen LogP contribution in [0.2, 0.25) is 0 Å². The van der Waals surface area contributed by atoms with Gasteiger partial charge in [0.2, 0.25) is 0 Å². The van der Waals surface area contributed by atoms with Gasteiger partial charge in [0.1, 0.15) is 5.82 Å². The Kier molecular flexibility index (Phi) is 6.00. The smallest absolute Gasteiger partial charge is 0.123 e. The molecule has 1 aliphatic rings. The zero-order valence-corrected chi connectivity index (χ0v) is 15.2. The van der Waals surface area contributed by atoms with Gasteiger partial charge in [-0.2, -0.15) is 5.26 Å². The van der Waals surface area contributed by atoms with Crippen LogP contribution in [0, 0.1) is 17.1 Å². The van der Waals surface area contributed by atoms with Gasteiger partial charge in [0.05, 0.1) is 24.3 Å². The fourth-order valence-corrected chi connectivity index (χ4v) is 3.61. The highest BCUT2D eigenvalue weighted by Gasteiger charge is 2.33. The molecule has 3 rings (SSSR count). The molecule has 2 aromatic rings. The van der Waals surface area contributed by atoms with Crippen molar-refractivity contribution >= 4 is 0 Å². The molecule has 0 amide bonds. The standard InChI is InChI=1S/C21H24FN3O/c1-15-13-25(20(12-24-15)14-26-2)21(18-7-9-19(22)10-8-18)17-5-3-16(11-23)4-6-17/h3-10,15,20-21,24H,12-14H2,1-2H3/t15-,20-,21?/m0/s1. The van der Waals surface area contributed by atoms with Crippen LogP contribution in [0.25, 0.3) is 0 Å². The lowest BCUT2D eigenvalue weighted by Gasteiger charge is -2.44. The number of hydrogen-bond donors (Lipinski definition) is 1. The molecule has 26 heavy (non-hydrogen) atoms. The van der Waals surface area contributed by atoms with Gasteiger partial charge in [-0.05, 0) is 42.3 Å². The van der Waals surface area contributed by atoms with Crippen molar-refractivity contribution in [2.45, 2.75) is 25.0 Å². The van der Waals surface area contributed by atoms with Crippen LogP contribution in [0.4, 0.5) is 4.39 Å². The number of benzene rings is 2. The summed E-state index contributed by atoms with van der Waals surface area (Å²) in [6.45, 7) is 4.48. The van der Waals surface area contributed by atoms with Crippen LogP contribution in [0.5, 0.6) is 0 Å². The number of hydrogen-bond acceptors (Lipinski definition) is 4. The fourth-order valence-electron chi connectivity index (χ4n) is 3.61. The number of nitriles is 1. The third-order valence-electron chi connectivity index (χ3n) is 4.89. The van der Waals surface area contributed by atoms with E-state index in [0.29, 0.717) is 18.2 Å². The minimum Gasteiger partial charge on any atom is -0.383 e. The van der Waals surface area contributed by atoms with E-state index >= 15 is 0 Å². The molecule has 1 heterocycles. The Bertz CT molecular complexity index is 754. The van der Waals surface area contributed by atoms with Gasteiger partial charge in [-0.3, -0.25) is 4.90 Å². The maximum atomic E-state index is 13.5. The van der Waals surface area contributed by atoms with E-state index < -0.39 is 0 Å². The van der Waals surface area contributed by atoms with Crippen LogP contribution in [-0.4, -0.2) is 43.8 Å². The molecule has 1 fully saturated rings. The van der Waals surface area contributed by atoms with Crippen molar-refractivity contribution in [3.05, 3.63) is 71.0 Å². The molecule has 0 saturated carbocycles. The first-order valence-corrected chi connectivity index (χ1v) is 8.86. The van der Waals surface area contributed by atoms with Crippen LogP contribution in [0.1, 0.15) is 29.7 Å². The third kappa shape index (κ3) is 4.10. The summed E-state index contributed by atoms with van der Waals surface area (Å²) in [7, 11) is 1.71. The van der Waals surface area contributed by atoms with E-state index in [2.05, 4.69) is 23.2 Å². The average Bonchev–Trinajstić information content (AvgIpc) is 2.66. The Morgan fingerprint density at radius 1 is 1.19 bits per heavy atom. The van der Waals surface area contributed by atoms with E-state index in [1.165, 1.54) is 12.1 Å². The Morgan fingerprint density at radius 2 is 1.81 bits per heavy atom. The minimum absolute atomic E-state index is 0.0203. The molecule has 1 N–H and O–H groups in total. The number of nitrogens with one attached hydrogen (secondary N) is 1. The van der Waals surface area contributed by atoms with E-state index in [0.717, 1.165) is 24.2 Å². The molecule has 0 radical (unpaired) electrons. The van der Waals surface area contributed by atoms with E-state index in [1.54, 1.807) is 7.11 Å². The first-order valence-electron chi connectivity index (χ1n) is 8.86. The van der Waals surface area contributed by atoms with Crippen molar-refractivity contribution in [3.63, 3.8) is 0 Å². The number of rotatable bonds is 5. The SMILES string of the molecule is COC[C@@H]1CN[C@@H](C)CN1C(c1ccc(F)cc1)c1ccc(C#N)cc1. The zero-order chi connectivity index (χ0) is 18.5. The molecule has 0 spiro atoms. The summed E-state index contributed by atoms with van der Waals surface area (Å²) in [5.41, 5.74) is 2.76. The lowest BCUT2D eigenvalue weighted by Crippen LogP contribution is -2.58. The molecule has 0 bridgehead atoms. The van der Waals surface area contributed by atoms with Gasteiger partial charge in [-0.15, -0.1) is 0 Å². The molecule has 0 aromatic heterocycles.